The summed E-state index contributed by atoms with van der Waals surface area (Å²) in [7, 11) is 0. The van der Waals surface area contributed by atoms with E-state index < -0.39 is 23.7 Å². The van der Waals surface area contributed by atoms with Gasteiger partial charge in [0.25, 0.3) is 11.8 Å². The van der Waals surface area contributed by atoms with Gasteiger partial charge in [0, 0.05) is 29.9 Å². The number of halogens is 3. The highest BCUT2D eigenvalue weighted by Crippen LogP contribution is 2.39. The smallest absolute Gasteiger partial charge is 0.410 e. The molecule has 0 spiro atoms. The van der Waals surface area contributed by atoms with Crippen molar-refractivity contribution in [1.82, 2.24) is 15.1 Å². The van der Waals surface area contributed by atoms with E-state index >= 15 is 0 Å². The van der Waals surface area contributed by atoms with Crippen molar-refractivity contribution in [1.29, 1.82) is 0 Å². The molecule has 0 saturated carbocycles. The molecule has 8 nitrogen and oxygen atoms in total. The van der Waals surface area contributed by atoms with Crippen LogP contribution in [0.5, 0.6) is 0 Å². The van der Waals surface area contributed by atoms with Crippen LogP contribution in [0.2, 0.25) is 0 Å². The molecule has 3 aromatic rings. The van der Waals surface area contributed by atoms with E-state index in [1.54, 1.807) is 34.1 Å². The van der Waals surface area contributed by atoms with E-state index in [9.17, 15) is 22.8 Å². The first kappa shape index (κ1) is 25.7. The first-order valence-electron chi connectivity index (χ1n) is 12.3. The largest absolute Gasteiger partial charge is 0.444 e. The lowest BCUT2D eigenvalue weighted by Crippen LogP contribution is -2.41. The van der Waals surface area contributed by atoms with Gasteiger partial charge in [-0.3, -0.25) is 4.79 Å². The van der Waals surface area contributed by atoms with Crippen LogP contribution in [-0.4, -0.2) is 45.8 Å². The van der Waals surface area contributed by atoms with Crippen LogP contribution in [0.3, 0.4) is 0 Å². The zero-order chi connectivity index (χ0) is 27.2. The number of amides is 2. The minimum atomic E-state index is -2.89. The summed E-state index contributed by atoms with van der Waals surface area (Å²) in [5.41, 5.74) is 2.18. The van der Waals surface area contributed by atoms with Crippen molar-refractivity contribution in [3.05, 3.63) is 64.8 Å². The van der Waals surface area contributed by atoms with E-state index in [4.69, 9.17) is 9.15 Å². The third-order valence-electron chi connectivity index (χ3n) is 6.65. The second-order valence-electron chi connectivity index (χ2n) is 10.5. The SMILES string of the molecule is CC(C)(C)OC(=O)N1CCC(c2cc(F)ccc2N2Cc3ccc(-c4nnc(C(F)F)o4)cc3C2=O)CC1. The number of carbonyl (C=O) groups is 2. The van der Waals surface area contributed by atoms with Crippen LogP contribution in [-0.2, 0) is 11.3 Å². The summed E-state index contributed by atoms with van der Waals surface area (Å²) in [6, 6.07) is 9.27. The number of nitrogens with zero attached hydrogens (tertiary/aromatic N) is 4. The van der Waals surface area contributed by atoms with E-state index in [1.807, 2.05) is 20.8 Å². The van der Waals surface area contributed by atoms with Crippen LogP contribution in [0.15, 0.2) is 40.8 Å². The van der Waals surface area contributed by atoms with E-state index in [1.165, 1.54) is 12.1 Å². The monoisotopic (exact) mass is 528 g/mol. The fourth-order valence-electron chi connectivity index (χ4n) is 4.87. The molecule has 1 saturated heterocycles. The molecule has 0 bridgehead atoms. The molecule has 2 amide bonds. The number of rotatable bonds is 4. The van der Waals surface area contributed by atoms with Gasteiger partial charge in [-0.15, -0.1) is 10.2 Å². The van der Waals surface area contributed by atoms with Crippen molar-refractivity contribution >= 4 is 17.7 Å². The van der Waals surface area contributed by atoms with Crippen LogP contribution in [0.1, 0.15) is 73.3 Å². The lowest BCUT2D eigenvalue weighted by Gasteiger charge is -2.35. The first-order valence-corrected chi connectivity index (χ1v) is 12.3. The van der Waals surface area contributed by atoms with E-state index in [2.05, 4.69) is 10.2 Å². The number of anilines is 1. The number of fused-ring (bicyclic) bond motifs is 1. The Morgan fingerprint density at radius 1 is 1.11 bits per heavy atom. The zero-order valence-corrected chi connectivity index (χ0v) is 21.2. The summed E-state index contributed by atoms with van der Waals surface area (Å²) >= 11 is 0. The van der Waals surface area contributed by atoms with Gasteiger partial charge in [0.05, 0.1) is 6.54 Å². The third kappa shape index (κ3) is 5.09. The molecule has 0 unspecified atom stereocenters. The third-order valence-corrected chi connectivity index (χ3v) is 6.65. The number of carbonyl (C=O) groups excluding carboxylic acids is 2. The van der Waals surface area contributed by atoms with Gasteiger partial charge in [-0.25, -0.2) is 9.18 Å². The quantitative estimate of drug-likeness (QED) is 0.407. The maximum Gasteiger partial charge on any atom is 0.410 e. The van der Waals surface area contributed by atoms with Crippen LogP contribution < -0.4 is 4.90 Å². The zero-order valence-electron chi connectivity index (χ0n) is 21.2. The normalized spacial score (nSPS) is 16.3. The number of hydrogen-bond acceptors (Lipinski definition) is 6. The molecule has 1 fully saturated rings. The molecular weight excluding hydrogens is 501 g/mol. The summed E-state index contributed by atoms with van der Waals surface area (Å²) in [6.45, 7) is 6.62. The molecule has 3 heterocycles. The Hall–Kier alpha value is -3.89. The highest BCUT2D eigenvalue weighted by atomic mass is 19.3. The average molecular weight is 529 g/mol. The minimum absolute atomic E-state index is 0.0578. The van der Waals surface area contributed by atoms with Crippen LogP contribution in [0, 0.1) is 5.82 Å². The number of piperidine rings is 1. The van der Waals surface area contributed by atoms with Crippen molar-refractivity contribution < 1.29 is 31.9 Å². The number of aromatic nitrogens is 2. The molecule has 200 valence electrons. The topological polar surface area (TPSA) is 88.8 Å². The summed E-state index contributed by atoms with van der Waals surface area (Å²) in [4.78, 5) is 29.2. The van der Waals surface area contributed by atoms with Crippen LogP contribution in [0.25, 0.3) is 11.5 Å². The minimum Gasteiger partial charge on any atom is -0.444 e. The predicted octanol–water partition coefficient (Wildman–Crippen LogP) is 6.09. The molecule has 2 aromatic carbocycles. The van der Waals surface area contributed by atoms with Crippen molar-refractivity contribution in [2.75, 3.05) is 18.0 Å². The molecule has 2 aliphatic heterocycles. The van der Waals surface area contributed by atoms with Gasteiger partial charge in [0.2, 0.25) is 5.89 Å². The molecule has 5 rings (SSSR count). The molecule has 2 aliphatic rings. The average Bonchev–Trinajstić information content (AvgIpc) is 3.48. The molecule has 1 aromatic heterocycles. The van der Waals surface area contributed by atoms with Crippen molar-refractivity contribution in [2.24, 2.45) is 0 Å². The Balaban J connectivity index is 1.36. The van der Waals surface area contributed by atoms with Gasteiger partial charge in [-0.05, 0) is 81.0 Å². The van der Waals surface area contributed by atoms with E-state index in [0.29, 0.717) is 48.3 Å². The predicted molar refractivity (Wildman–Crippen MR) is 131 cm³/mol. The lowest BCUT2D eigenvalue weighted by molar-refractivity contribution is 0.0205. The van der Waals surface area contributed by atoms with Crippen molar-refractivity contribution in [3.63, 3.8) is 0 Å². The molecule has 38 heavy (non-hydrogen) atoms. The van der Waals surface area contributed by atoms with Gasteiger partial charge in [0.1, 0.15) is 11.4 Å². The van der Waals surface area contributed by atoms with Crippen LogP contribution >= 0.6 is 0 Å². The van der Waals surface area contributed by atoms with Gasteiger partial charge < -0.3 is 19.0 Å². The lowest BCUT2D eigenvalue weighted by atomic mass is 9.88. The summed E-state index contributed by atoms with van der Waals surface area (Å²) in [5.74, 6) is -1.65. The molecule has 11 heteroatoms. The number of alkyl halides is 2. The second kappa shape index (κ2) is 9.77. The molecule has 0 N–H and O–H groups in total. The highest BCUT2D eigenvalue weighted by molar-refractivity contribution is 6.11. The molecule has 0 radical (unpaired) electrons. The van der Waals surface area contributed by atoms with E-state index in [-0.39, 0.29) is 30.4 Å². The summed E-state index contributed by atoms with van der Waals surface area (Å²) in [5, 5.41) is 7.00. The maximum atomic E-state index is 14.4. The molecule has 0 atom stereocenters. The number of ether oxygens (including phenoxy) is 1. The van der Waals surface area contributed by atoms with Crippen molar-refractivity contribution in [2.45, 2.75) is 58.1 Å². The first-order chi connectivity index (χ1) is 18.0. The number of benzene rings is 2. The standard InChI is InChI=1S/C27H27F3N4O4/c1-27(2,3)38-26(36)33-10-8-15(9-11-33)19-13-18(28)6-7-21(19)34-14-17-5-4-16(12-20(17)25(34)35)23-31-32-24(37-23)22(29)30/h4-7,12-13,15,22H,8-11,14H2,1-3H3. The molecular formula is C27H27F3N4O4. The molecule has 0 aliphatic carbocycles. The fraction of sp³-hybridized carbons (Fsp3) is 0.407. The Bertz CT molecular complexity index is 1380. The Morgan fingerprint density at radius 3 is 2.50 bits per heavy atom. The summed E-state index contributed by atoms with van der Waals surface area (Å²) in [6.07, 6.45) is -2.08. The maximum absolute atomic E-state index is 14.4. The highest BCUT2D eigenvalue weighted by Gasteiger charge is 2.34. The Kier molecular flexibility index (Phi) is 6.62. The van der Waals surface area contributed by atoms with Crippen LogP contribution in [0.4, 0.5) is 23.7 Å². The number of likely N-dealkylation sites (tertiary alicyclic amines) is 1. The fourth-order valence-corrected chi connectivity index (χ4v) is 4.87. The Labute approximate surface area is 217 Å². The summed E-state index contributed by atoms with van der Waals surface area (Å²) < 4.78 is 50.6. The number of hydrogen-bond donors (Lipinski definition) is 0. The van der Waals surface area contributed by atoms with E-state index in [0.717, 1.165) is 5.56 Å². The van der Waals surface area contributed by atoms with Crippen molar-refractivity contribution in [3.8, 4) is 11.5 Å². The van der Waals surface area contributed by atoms with Gasteiger partial charge in [0.15, 0.2) is 0 Å². The second-order valence-corrected chi connectivity index (χ2v) is 10.5. The van der Waals surface area contributed by atoms with Gasteiger partial charge >= 0.3 is 12.5 Å². The van der Waals surface area contributed by atoms with Gasteiger partial charge in [-0.2, -0.15) is 8.78 Å². The Morgan fingerprint density at radius 2 is 1.84 bits per heavy atom. The van der Waals surface area contributed by atoms with Gasteiger partial charge in [-0.1, -0.05) is 6.07 Å².